The van der Waals surface area contributed by atoms with E-state index in [2.05, 4.69) is 27.5 Å². The van der Waals surface area contributed by atoms with Crippen LogP contribution in [0.4, 0.5) is 13.2 Å². The van der Waals surface area contributed by atoms with E-state index in [1.165, 1.54) is 6.07 Å². The van der Waals surface area contributed by atoms with Crippen LogP contribution in [0.1, 0.15) is 25.3 Å². The molecule has 1 heterocycles. The third-order valence-electron chi connectivity index (χ3n) is 2.75. The van der Waals surface area contributed by atoms with E-state index in [0.717, 1.165) is 31.6 Å². The highest BCUT2D eigenvalue weighted by molar-refractivity contribution is 5.79. The number of ether oxygens (including phenoxy) is 1. The maximum absolute atomic E-state index is 12.4. The first-order chi connectivity index (χ1) is 10.5. The molecule has 0 aromatic carbocycles. The molecule has 0 bridgehead atoms. The predicted molar refractivity (Wildman–Crippen MR) is 79.0 cm³/mol. The zero-order valence-electron chi connectivity index (χ0n) is 12.7. The Hall–Kier alpha value is -1.99. The molecule has 22 heavy (non-hydrogen) atoms. The maximum Gasteiger partial charge on any atom is 0.417 e. The van der Waals surface area contributed by atoms with E-state index in [1.54, 1.807) is 7.05 Å². The van der Waals surface area contributed by atoms with E-state index in [-0.39, 0.29) is 12.5 Å². The molecule has 1 rings (SSSR count). The molecule has 0 radical (unpaired) electrons. The summed E-state index contributed by atoms with van der Waals surface area (Å²) in [5.74, 6) is 0.821. The number of unbranched alkanes of at least 4 members (excludes halogenated alkanes) is 1. The van der Waals surface area contributed by atoms with Crippen molar-refractivity contribution in [2.45, 2.75) is 25.9 Å². The fraction of sp³-hybridized carbons (Fsp3) is 0.571. The number of aliphatic imine (C=N–C) groups is 1. The summed E-state index contributed by atoms with van der Waals surface area (Å²) in [7, 11) is 1.67. The van der Waals surface area contributed by atoms with Crippen LogP contribution in [0.25, 0.3) is 0 Å². The van der Waals surface area contributed by atoms with Crippen LogP contribution < -0.4 is 15.4 Å². The summed E-state index contributed by atoms with van der Waals surface area (Å²) in [6.07, 6.45) is -1.49. The Kier molecular flexibility index (Phi) is 7.48. The number of rotatable bonds is 7. The third-order valence-corrected chi connectivity index (χ3v) is 2.75. The Labute approximate surface area is 128 Å². The Bertz CT molecular complexity index is 460. The van der Waals surface area contributed by atoms with E-state index >= 15 is 0 Å². The van der Waals surface area contributed by atoms with Crippen molar-refractivity contribution >= 4 is 5.96 Å². The second-order valence-corrected chi connectivity index (χ2v) is 4.51. The lowest BCUT2D eigenvalue weighted by molar-refractivity contribution is -0.137. The van der Waals surface area contributed by atoms with Gasteiger partial charge in [0.15, 0.2) is 5.96 Å². The van der Waals surface area contributed by atoms with Crippen LogP contribution in [-0.2, 0) is 6.18 Å². The maximum atomic E-state index is 12.4. The van der Waals surface area contributed by atoms with Crippen molar-refractivity contribution < 1.29 is 17.9 Å². The number of guanidine groups is 1. The highest BCUT2D eigenvalue weighted by atomic mass is 19.4. The highest BCUT2D eigenvalue weighted by Crippen LogP contribution is 2.29. The van der Waals surface area contributed by atoms with Crippen molar-refractivity contribution in [3.63, 3.8) is 0 Å². The Morgan fingerprint density at radius 3 is 2.55 bits per heavy atom. The average Bonchev–Trinajstić information content (AvgIpc) is 2.49. The van der Waals surface area contributed by atoms with Gasteiger partial charge < -0.3 is 15.4 Å². The smallest absolute Gasteiger partial charge is 0.417 e. The molecule has 0 atom stereocenters. The number of pyridine rings is 1. The minimum absolute atomic E-state index is 0.156. The number of nitrogens with zero attached hydrogens (tertiary/aromatic N) is 2. The summed E-state index contributed by atoms with van der Waals surface area (Å²) in [4.78, 5) is 7.67. The quantitative estimate of drug-likeness (QED) is 0.461. The molecule has 8 heteroatoms. The van der Waals surface area contributed by atoms with Crippen molar-refractivity contribution in [1.82, 2.24) is 15.6 Å². The molecule has 0 saturated carbocycles. The van der Waals surface area contributed by atoms with Gasteiger partial charge in [-0.2, -0.15) is 13.2 Å². The van der Waals surface area contributed by atoms with E-state index in [9.17, 15) is 13.2 Å². The summed E-state index contributed by atoms with van der Waals surface area (Å²) in [6.45, 7) is 3.67. The zero-order chi connectivity index (χ0) is 16.4. The molecular formula is C14H21F3N4O. The van der Waals surface area contributed by atoms with Gasteiger partial charge in [-0.25, -0.2) is 4.98 Å². The molecule has 0 spiro atoms. The third kappa shape index (κ3) is 6.64. The van der Waals surface area contributed by atoms with Crippen LogP contribution in [0.3, 0.4) is 0 Å². The molecular weight excluding hydrogens is 297 g/mol. The summed E-state index contributed by atoms with van der Waals surface area (Å²) >= 11 is 0. The highest BCUT2D eigenvalue weighted by Gasteiger charge is 2.30. The first kappa shape index (κ1) is 18.1. The molecule has 0 saturated heterocycles. The second-order valence-electron chi connectivity index (χ2n) is 4.51. The number of hydrogen-bond acceptors (Lipinski definition) is 3. The van der Waals surface area contributed by atoms with Crippen molar-refractivity contribution in [2.24, 2.45) is 4.99 Å². The molecule has 1 aromatic heterocycles. The van der Waals surface area contributed by atoms with Crippen LogP contribution in [0, 0.1) is 0 Å². The molecule has 0 fully saturated rings. The summed E-state index contributed by atoms with van der Waals surface area (Å²) < 4.78 is 42.4. The van der Waals surface area contributed by atoms with Gasteiger partial charge in [0.1, 0.15) is 6.61 Å². The molecule has 0 aliphatic carbocycles. The Morgan fingerprint density at radius 1 is 1.27 bits per heavy atom. The minimum Gasteiger partial charge on any atom is -0.476 e. The molecule has 2 N–H and O–H groups in total. The van der Waals surface area contributed by atoms with Crippen LogP contribution >= 0.6 is 0 Å². The lowest BCUT2D eigenvalue weighted by Gasteiger charge is -2.12. The standard InChI is InChI=1S/C14H21F3N4O/c1-3-4-7-19-13(18-2)20-8-9-22-12-6-5-11(10-21-12)14(15,16)17/h5-6,10H,3-4,7-9H2,1-2H3,(H2,18,19,20). The van der Waals surface area contributed by atoms with Gasteiger partial charge in [-0.05, 0) is 12.5 Å². The molecule has 0 aliphatic rings. The van der Waals surface area contributed by atoms with Crippen molar-refractivity contribution in [3.8, 4) is 5.88 Å². The van der Waals surface area contributed by atoms with Crippen LogP contribution in [-0.4, -0.2) is 37.7 Å². The molecule has 0 aliphatic heterocycles. The number of hydrogen-bond donors (Lipinski definition) is 2. The monoisotopic (exact) mass is 318 g/mol. The normalized spacial score (nSPS) is 12.1. The largest absolute Gasteiger partial charge is 0.476 e. The summed E-state index contributed by atoms with van der Waals surface area (Å²) in [5, 5.41) is 6.18. The zero-order valence-corrected chi connectivity index (χ0v) is 12.7. The first-order valence-electron chi connectivity index (χ1n) is 7.08. The van der Waals surface area contributed by atoms with Gasteiger partial charge in [-0.15, -0.1) is 0 Å². The van der Waals surface area contributed by atoms with Crippen LogP contribution in [0.2, 0.25) is 0 Å². The van der Waals surface area contributed by atoms with Gasteiger partial charge >= 0.3 is 6.18 Å². The molecule has 5 nitrogen and oxygen atoms in total. The molecule has 124 valence electrons. The van der Waals surface area contributed by atoms with Crippen molar-refractivity contribution in [2.75, 3.05) is 26.7 Å². The molecule has 1 aromatic rings. The number of alkyl halides is 3. The minimum atomic E-state index is -4.39. The van der Waals surface area contributed by atoms with E-state index in [4.69, 9.17) is 4.74 Å². The van der Waals surface area contributed by atoms with E-state index in [0.29, 0.717) is 12.5 Å². The average molecular weight is 318 g/mol. The van der Waals surface area contributed by atoms with E-state index < -0.39 is 11.7 Å². The summed E-state index contributed by atoms with van der Waals surface area (Å²) in [6, 6.07) is 2.15. The van der Waals surface area contributed by atoms with Crippen LogP contribution in [0.15, 0.2) is 23.3 Å². The molecule has 0 unspecified atom stereocenters. The van der Waals surface area contributed by atoms with Crippen molar-refractivity contribution in [3.05, 3.63) is 23.9 Å². The lowest BCUT2D eigenvalue weighted by atomic mass is 10.3. The predicted octanol–water partition coefficient (Wildman–Crippen LogP) is 2.44. The summed E-state index contributed by atoms with van der Waals surface area (Å²) in [5.41, 5.74) is -0.793. The second kappa shape index (κ2) is 9.11. The molecule has 0 amide bonds. The van der Waals surface area contributed by atoms with Crippen molar-refractivity contribution in [1.29, 1.82) is 0 Å². The van der Waals surface area contributed by atoms with Gasteiger partial charge in [0.25, 0.3) is 0 Å². The van der Waals surface area contributed by atoms with Gasteiger partial charge in [-0.3, -0.25) is 4.99 Å². The number of halogens is 3. The lowest BCUT2D eigenvalue weighted by Crippen LogP contribution is -2.39. The van der Waals surface area contributed by atoms with Gasteiger partial charge in [-0.1, -0.05) is 13.3 Å². The van der Waals surface area contributed by atoms with Gasteiger partial charge in [0.05, 0.1) is 12.1 Å². The van der Waals surface area contributed by atoms with E-state index in [1.807, 2.05) is 0 Å². The van der Waals surface area contributed by atoms with Gasteiger partial charge in [0.2, 0.25) is 5.88 Å². The van der Waals surface area contributed by atoms with Gasteiger partial charge in [0, 0.05) is 25.9 Å². The fourth-order valence-corrected chi connectivity index (χ4v) is 1.56. The number of nitrogens with one attached hydrogen (secondary N) is 2. The topological polar surface area (TPSA) is 58.5 Å². The fourth-order valence-electron chi connectivity index (χ4n) is 1.56. The SMILES string of the molecule is CCCCNC(=NC)NCCOc1ccc(C(F)(F)F)cn1. The Morgan fingerprint density at radius 2 is 2.00 bits per heavy atom. The first-order valence-corrected chi connectivity index (χ1v) is 7.08. The number of aromatic nitrogens is 1. The Balaban J connectivity index is 2.29. The van der Waals surface area contributed by atoms with Crippen LogP contribution in [0.5, 0.6) is 5.88 Å².